The third kappa shape index (κ3) is 7.03. The van der Waals surface area contributed by atoms with E-state index in [-0.39, 0.29) is 0 Å². The number of nitrogens with one attached hydrogen (secondary N) is 1. The summed E-state index contributed by atoms with van der Waals surface area (Å²) in [6, 6.07) is 0. The van der Waals surface area contributed by atoms with Crippen molar-refractivity contribution in [1.82, 2.24) is 5.32 Å². The average Bonchev–Trinajstić information content (AvgIpc) is 2.61. The van der Waals surface area contributed by atoms with Crippen molar-refractivity contribution in [3.05, 3.63) is 0 Å². The molecule has 7 heteroatoms. The van der Waals surface area contributed by atoms with Gasteiger partial charge in [0.15, 0.2) is 6.10 Å². The first kappa shape index (κ1) is 23.3. The van der Waals surface area contributed by atoms with Gasteiger partial charge < -0.3 is 30.8 Å². The standard InChI is InChI=1S/C17H35NO6/c1-4-7-9-17(6-3,10-8-5-2)18-16(24)15(23)14(22)13(21)12(20)11-19/h12-15,19-23H,4-11H2,1-3H3,(H,18,24)/t12-,13-,14+,15-/m1/s1. The fourth-order valence-corrected chi connectivity index (χ4v) is 2.74. The van der Waals surface area contributed by atoms with Gasteiger partial charge in [-0.25, -0.2) is 0 Å². The van der Waals surface area contributed by atoms with Gasteiger partial charge in [-0.15, -0.1) is 0 Å². The van der Waals surface area contributed by atoms with Gasteiger partial charge in [0.05, 0.1) is 6.61 Å². The van der Waals surface area contributed by atoms with E-state index in [9.17, 15) is 25.2 Å². The second-order valence-electron chi connectivity index (χ2n) is 6.51. The van der Waals surface area contributed by atoms with Crippen LogP contribution in [0.2, 0.25) is 0 Å². The summed E-state index contributed by atoms with van der Waals surface area (Å²) in [5.41, 5.74) is -0.454. The van der Waals surface area contributed by atoms with Crippen LogP contribution in [0.25, 0.3) is 0 Å². The van der Waals surface area contributed by atoms with Gasteiger partial charge in [0.2, 0.25) is 0 Å². The molecule has 0 spiro atoms. The van der Waals surface area contributed by atoms with Crippen molar-refractivity contribution in [3.63, 3.8) is 0 Å². The van der Waals surface area contributed by atoms with Crippen molar-refractivity contribution in [2.45, 2.75) is 95.7 Å². The fourth-order valence-electron chi connectivity index (χ4n) is 2.74. The van der Waals surface area contributed by atoms with Gasteiger partial charge in [-0.3, -0.25) is 4.79 Å². The highest BCUT2D eigenvalue weighted by Gasteiger charge is 2.37. The first-order chi connectivity index (χ1) is 11.3. The maximum absolute atomic E-state index is 12.3. The quantitative estimate of drug-likeness (QED) is 0.279. The molecule has 144 valence electrons. The van der Waals surface area contributed by atoms with Crippen molar-refractivity contribution in [2.24, 2.45) is 0 Å². The molecule has 0 radical (unpaired) electrons. The van der Waals surface area contributed by atoms with Gasteiger partial charge in [-0.1, -0.05) is 46.5 Å². The summed E-state index contributed by atoms with van der Waals surface area (Å²) >= 11 is 0. The van der Waals surface area contributed by atoms with E-state index in [1.807, 2.05) is 6.92 Å². The molecule has 0 aliphatic heterocycles. The van der Waals surface area contributed by atoms with Crippen molar-refractivity contribution in [3.8, 4) is 0 Å². The molecule has 0 bridgehead atoms. The maximum atomic E-state index is 12.3. The monoisotopic (exact) mass is 349 g/mol. The molecule has 0 aliphatic rings. The highest BCUT2D eigenvalue weighted by Crippen LogP contribution is 2.25. The number of aliphatic hydroxyl groups excluding tert-OH is 5. The lowest BCUT2D eigenvalue weighted by Crippen LogP contribution is -2.57. The Morgan fingerprint density at radius 1 is 0.958 bits per heavy atom. The summed E-state index contributed by atoms with van der Waals surface area (Å²) < 4.78 is 0. The number of amides is 1. The lowest BCUT2D eigenvalue weighted by atomic mass is 9.84. The lowest BCUT2D eigenvalue weighted by molar-refractivity contribution is -0.150. The largest absolute Gasteiger partial charge is 0.394 e. The number of rotatable bonds is 13. The Hall–Kier alpha value is -0.730. The molecule has 0 saturated carbocycles. The minimum Gasteiger partial charge on any atom is -0.394 e. The molecule has 0 rings (SSSR count). The number of hydrogen-bond acceptors (Lipinski definition) is 6. The van der Waals surface area contributed by atoms with E-state index in [2.05, 4.69) is 19.2 Å². The van der Waals surface area contributed by atoms with Crippen molar-refractivity contribution in [2.75, 3.05) is 6.61 Å². The third-order valence-corrected chi connectivity index (χ3v) is 4.61. The van der Waals surface area contributed by atoms with Gasteiger partial charge in [0.1, 0.15) is 18.3 Å². The van der Waals surface area contributed by atoms with Crippen LogP contribution in [0.3, 0.4) is 0 Å². The summed E-state index contributed by atoms with van der Waals surface area (Å²) in [6.07, 6.45) is -1.11. The van der Waals surface area contributed by atoms with Crippen LogP contribution in [-0.4, -0.2) is 68.0 Å². The molecule has 0 unspecified atom stereocenters. The Kier molecular flexibility index (Phi) is 11.4. The minimum absolute atomic E-state index is 0.454. The third-order valence-electron chi connectivity index (χ3n) is 4.61. The molecule has 0 aromatic rings. The molecule has 0 aromatic carbocycles. The van der Waals surface area contributed by atoms with Gasteiger partial charge >= 0.3 is 0 Å². The van der Waals surface area contributed by atoms with Crippen LogP contribution in [0.5, 0.6) is 0 Å². The molecule has 0 fully saturated rings. The molecule has 0 aliphatic carbocycles. The number of carbonyl (C=O) groups excluding carboxylic acids is 1. The number of aliphatic hydroxyl groups is 5. The molecule has 0 saturated heterocycles. The smallest absolute Gasteiger partial charge is 0.252 e. The fraction of sp³-hybridized carbons (Fsp3) is 0.941. The summed E-state index contributed by atoms with van der Waals surface area (Å²) in [6.45, 7) is 5.32. The van der Waals surface area contributed by atoms with Gasteiger partial charge in [-0.05, 0) is 19.3 Å². The van der Waals surface area contributed by atoms with Crippen molar-refractivity contribution in [1.29, 1.82) is 0 Å². The Morgan fingerprint density at radius 2 is 1.46 bits per heavy atom. The molecule has 24 heavy (non-hydrogen) atoms. The lowest BCUT2D eigenvalue weighted by Gasteiger charge is -2.36. The van der Waals surface area contributed by atoms with Gasteiger partial charge in [0, 0.05) is 5.54 Å². The predicted molar refractivity (Wildman–Crippen MR) is 91.3 cm³/mol. The molecular formula is C17H35NO6. The zero-order chi connectivity index (χ0) is 18.8. The predicted octanol–water partition coefficient (Wildman–Crippen LogP) is 0.0677. The Bertz CT molecular complexity index is 344. The molecular weight excluding hydrogens is 314 g/mol. The van der Waals surface area contributed by atoms with E-state index in [1.54, 1.807) is 0 Å². The van der Waals surface area contributed by atoms with Crippen LogP contribution in [0.1, 0.15) is 65.7 Å². The first-order valence-electron chi connectivity index (χ1n) is 8.93. The number of carbonyl (C=O) groups is 1. The average molecular weight is 349 g/mol. The summed E-state index contributed by atoms with van der Waals surface area (Å²) in [5.74, 6) is -0.777. The van der Waals surface area contributed by atoms with E-state index < -0.39 is 42.5 Å². The molecule has 0 aromatic heterocycles. The summed E-state index contributed by atoms with van der Waals surface area (Å²) in [4.78, 5) is 12.3. The van der Waals surface area contributed by atoms with Crippen LogP contribution in [0, 0.1) is 0 Å². The molecule has 0 heterocycles. The molecule has 1 amide bonds. The summed E-state index contributed by atoms with van der Waals surface area (Å²) in [5, 5.41) is 50.5. The molecule has 4 atom stereocenters. The number of unbranched alkanes of at least 4 members (excludes halogenated alkanes) is 2. The van der Waals surface area contributed by atoms with E-state index >= 15 is 0 Å². The second kappa shape index (κ2) is 11.8. The van der Waals surface area contributed by atoms with E-state index in [4.69, 9.17) is 5.11 Å². The highest BCUT2D eigenvalue weighted by atomic mass is 16.4. The van der Waals surface area contributed by atoms with Crippen LogP contribution in [0.15, 0.2) is 0 Å². The second-order valence-corrected chi connectivity index (χ2v) is 6.51. The van der Waals surface area contributed by atoms with Crippen LogP contribution in [-0.2, 0) is 4.79 Å². The zero-order valence-electron chi connectivity index (χ0n) is 15.1. The SMILES string of the molecule is CCCCC(CC)(CCCC)NC(=O)[C@H](O)[C@@H](O)[C@H](O)[C@H](O)CO. The molecule has 6 N–H and O–H groups in total. The van der Waals surface area contributed by atoms with Crippen molar-refractivity contribution < 1.29 is 30.3 Å². The Balaban J connectivity index is 5.01. The maximum Gasteiger partial charge on any atom is 0.252 e. The van der Waals surface area contributed by atoms with E-state index in [0.29, 0.717) is 6.42 Å². The minimum atomic E-state index is -1.88. The highest BCUT2D eigenvalue weighted by molar-refractivity contribution is 5.82. The van der Waals surface area contributed by atoms with E-state index in [1.165, 1.54) is 0 Å². The Labute approximate surface area is 144 Å². The van der Waals surface area contributed by atoms with Crippen LogP contribution < -0.4 is 5.32 Å². The topological polar surface area (TPSA) is 130 Å². The van der Waals surface area contributed by atoms with Gasteiger partial charge in [0.25, 0.3) is 5.91 Å². The molecule has 7 nitrogen and oxygen atoms in total. The summed E-state index contributed by atoms with van der Waals surface area (Å²) in [7, 11) is 0. The Morgan fingerprint density at radius 3 is 1.83 bits per heavy atom. The number of hydrogen-bond donors (Lipinski definition) is 6. The first-order valence-corrected chi connectivity index (χ1v) is 8.93. The van der Waals surface area contributed by atoms with E-state index in [0.717, 1.165) is 38.5 Å². The van der Waals surface area contributed by atoms with Crippen LogP contribution >= 0.6 is 0 Å². The zero-order valence-corrected chi connectivity index (χ0v) is 15.1. The van der Waals surface area contributed by atoms with Crippen molar-refractivity contribution >= 4 is 5.91 Å². The van der Waals surface area contributed by atoms with Crippen LogP contribution in [0.4, 0.5) is 0 Å². The van der Waals surface area contributed by atoms with Gasteiger partial charge in [-0.2, -0.15) is 0 Å². The normalized spacial score (nSPS) is 17.2.